The quantitative estimate of drug-likeness (QED) is 0.440. The van der Waals surface area contributed by atoms with Crippen molar-refractivity contribution in [1.82, 2.24) is 9.55 Å². The predicted octanol–water partition coefficient (Wildman–Crippen LogP) is 5.38. The van der Waals surface area contributed by atoms with Gasteiger partial charge in [0.05, 0.1) is 23.9 Å². The van der Waals surface area contributed by atoms with E-state index in [-0.39, 0.29) is 0 Å². The Hall–Kier alpha value is -3.01. The highest BCUT2D eigenvalue weighted by Crippen LogP contribution is 2.25. The van der Waals surface area contributed by atoms with Crippen LogP contribution in [0, 0.1) is 13.8 Å². The van der Waals surface area contributed by atoms with Crippen molar-refractivity contribution in [1.29, 1.82) is 0 Å². The number of aryl methyl sites for hydroxylation is 3. The highest BCUT2D eigenvalue weighted by Gasteiger charge is 2.14. The van der Waals surface area contributed by atoms with Gasteiger partial charge in [-0.3, -0.25) is 0 Å². The predicted molar refractivity (Wildman–Crippen MR) is 103 cm³/mol. The third-order valence-electron chi connectivity index (χ3n) is 4.39. The summed E-state index contributed by atoms with van der Waals surface area (Å²) in [5, 5.41) is 0. The largest absolute Gasteiger partial charge is 0.494 e. The van der Waals surface area contributed by atoms with Gasteiger partial charge >= 0.3 is 0 Å². The zero-order valence-corrected chi connectivity index (χ0v) is 15.1. The minimum Gasteiger partial charge on any atom is -0.494 e. The molecule has 0 bridgehead atoms. The average molecular weight is 346 g/mol. The third kappa shape index (κ3) is 3.36. The van der Waals surface area contributed by atoms with Crippen LogP contribution in [0.25, 0.3) is 22.6 Å². The SMILES string of the molecule is Cc1cc(C)cc(OCCCn2c(-c3ccco3)nc3ccccc32)c1. The lowest BCUT2D eigenvalue weighted by atomic mass is 10.1. The average Bonchev–Trinajstić information content (AvgIpc) is 3.26. The zero-order chi connectivity index (χ0) is 17.9. The van der Waals surface area contributed by atoms with Crippen molar-refractivity contribution in [3.05, 3.63) is 72.0 Å². The van der Waals surface area contributed by atoms with Crippen molar-refractivity contribution in [2.24, 2.45) is 0 Å². The number of imidazole rings is 1. The van der Waals surface area contributed by atoms with Gasteiger partial charge in [-0.15, -0.1) is 0 Å². The molecule has 0 unspecified atom stereocenters. The van der Waals surface area contributed by atoms with Crippen LogP contribution in [0.3, 0.4) is 0 Å². The number of benzene rings is 2. The maximum Gasteiger partial charge on any atom is 0.177 e. The van der Waals surface area contributed by atoms with Crippen molar-refractivity contribution in [2.45, 2.75) is 26.8 Å². The molecule has 2 aromatic heterocycles. The van der Waals surface area contributed by atoms with Gasteiger partial charge in [0.1, 0.15) is 5.75 Å². The second-order valence-corrected chi connectivity index (χ2v) is 6.58. The van der Waals surface area contributed by atoms with E-state index in [0.717, 1.165) is 41.3 Å². The number of hydrogen-bond donors (Lipinski definition) is 0. The molecule has 132 valence electrons. The van der Waals surface area contributed by atoms with E-state index < -0.39 is 0 Å². The molecule has 4 aromatic rings. The number of furan rings is 1. The van der Waals surface area contributed by atoms with E-state index in [4.69, 9.17) is 14.1 Å². The Kier molecular flexibility index (Phi) is 4.48. The molecule has 4 rings (SSSR count). The Labute approximate surface area is 153 Å². The first kappa shape index (κ1) is 16.5. The summed E-state index contributed by atoms with van der Waals surface area (Å²) >= 11 is 0. The van der Waals surface area contributed by atoms with Crippen molar-refractivity contribution in [2.75, 3.05) is 6.61 Å². The second kappa shape index (κ2) is 7.08. The molecule has 4 nitrogen and oxygen atoms in total. The van der Waals surface area contributed by atoms with E-state index >= 15 is 0 Å². The monoisotopic (exact) mass is 346 g/mol. The van der Waals surface area contributed by atoms with E-state index in [0.29, 0.717) is 6.61 Å². The Morgan fingerprint density at radius 3 is 2.58 bits per heavy atom. The molecule has 0 aliphatic rings. The lowest BCUT2D eigenvalue weighted by Gasteiger charge is -2.10. The van der Waals surface area contributed by atoms with E-state index in [1.807, 2.05) is 30.3 Å². The van der Waals surface area contributed by atoms with Crippen LogP contribution in [0.2, 0.25) is 0 Å². The molecule has 0 aliphatic carbocycles. The standard InChI is InChI=1S/C22H22N2O2/c1-16-13-17(2)15-18(14-16)25-12-6-10-24-20-8-4-3-7-19(20)23-22(24)21-9-5-11-26-21/h3-5,7-9,11,13-15H,6,10,12H2,1-2H3. The van der Waals surface area contributed by atoms with E-state index in [1.165, 1.54) is 11.1 Å². The molecule has 26 heavy (non-hydrogen) atoms. The van der Waals surface area contributed by atoms with Gasteiger partial charge < -0.3 is 13.7 Å². The molecule has 0 atom stereocenters. The molecule has 0 spiro atoms. The summed E-state index contributed by atoms with van der Waals surface area (Å²) < 4.78 is 13.7. The normalized spacial score (nSPS) is 11.2. The molecule has 0 saturated heterocycles. The van der Waals surface area contributed by atoms with E-state index in [2.05, 4.69) is 42.7 Å². The van der Waals surface area contributed by atoms with Gasteiger partial charge in [-0.2, -0.15) is 0 Å². The Morgan fingerprint density at radius 2 is 1.81 bits per heavy atom. The van der Waals surface area contributed by atoms with Gasteiger partial charge in [0, 0.05) is 6.54 Å². The van der Waals surface area contributed by atoms with Gasteiger partial charge in [-0.1, -0.05) is 18.2 Å². The highest BCUT2D eigenvalue weighted by molar-refractivity contribution is 5.79. The fraction of sp³-hybridized carbons (Fsp3) is 0.227. The van der Waals surface area contributed by atoms with E-state index in [9.17, 15) is 0 Å². The lowest BCUT2D eigenvalue weighted by Crippen LogP contribution is -2.06. The smallest absolute Gasteiger partial charge is 0.177 e. The van der Waals surface area contributed by atoms with Crippen LogP contribution in [-0.4, -0.2) is 16.2 Å². The zero-order valence-electron chi connectivity index (χ0n) is 15.1. The molecule has 0 saturated carbocycles. The first-order valence-electron chi connectivity index (χ1n) is 8.91. The summed E-state index contributed by atoms with van der Waals surface area (Å²) in [5.74, 6) is 2.59. The number of hydrogen-bond acceptors (Lipinski definition) is 3. The van der Waals surface area contributed by atoms with Crippen molar-refractivity contribution in [3.63, 3.8) is 0 Å². The first-order valence-corrected chi connectivity index (χ1v) is 8.91. The number of ether oxygens (including phenoxy) is 1. The van der Waals surface area contributed by atoms with Crippen molar-refractivity contribution in [3.8, 4) is 17.3 Å². The fourth-order valence-corrected chi connectivity index (χ4v) is 3.32. The summed E-state index contributed by atoms with van der Waals surface area (Å²) in [7, 11) is 0. The van der Waals surface area contributed by atoms with Crippen LogP contribution in [0.15, 0.2) is 65.3 Å². The van der Waals surface area contributed by atoms with E-state index in [1.54, 1.807) is 6.26 Å². The van der Waals surface area contributed by atoms with Crippen LogP contribution in [0.4, 0.5) is 0 Å². The highest BCUT2D eigenvalue weighted by atomic mass is 16.5. The number of para-hydroxylation sites is 2. The molecule has 4 heteroatoms. The number of aromatic nitrogens is 2. The van der Waals surface area contributed by atoms with Gasteiger partial charge in [0.15, 0.2) is 11.6 Å². The summed E-state index contributed by atoms with van der Waals surface area (Å²) in [6.07, 6.45) is 2.57. The number of nitrogens with zero attached hydrogens (tertiary/aromatic N) is 2. The van der Waals surface area contributed by atoms with Gasteiger partial charge in [0.2, 0.25) is 0 Å². The summed E-state index contributed by atoms with van der Waals surface area (Å²) in [6, 6.07) is 18.3. The van der Waals surface area contributed by atoms with Gasteiger partial charge in [-0.25, -0.2) is 4.98 Å². The second-order valence-electron chi connectivity index (χ2n) is 6.58. The van der Waals surface area contributed by atoms with Crippen LogP contribution < -0.4 is 4.74 Å². The van der Waals surface area contributed by atoms with Crippen LogP contribution in [0.1, 0.15) is 17.5 Å². The first-order chi connectivity index (χ1) is 12.7. The summed E-state index contributed by atoms with van der Waals surface area (Å²) in [6.45, 7) is 5.66. The van der Waals surface area contributed by atoms with Gasteiger partial charge in [0.25, 0.3) is 0 Å². The minimum absolute atomic E-state index is 0.660. The fourth-order valence-electron chi connectivity index (χ4n) is 3.32. The maximum absolute atomic E-state index is 5.95. The molecule has 0 amide bonds. The topological polar surface area (TPSA) is 40.2 Å². The molecule has 0 fully saturated rings. The Balaban J connectivity index is 1.51. The van der Waals surface area contributed by atoms with Crippen molar-refractivity contribution < 1.29 is 9.15 Å². The summed E-state index contributed by atoms with van der Waals surface area (Å²) in [4.78, 5) is 4.74. The molecule has 0 radical (unpaired) electrons. The molecule has 2 heterocycles. The number of rotatable bonds is 6. The molecule has 2 aromatic carbocycles. The van der Waals surface area contributed by atoms with Crippen molar-refractivity contribution >= 4 is 11.0 Å². The van der Waals surface area contributed by atoms with Crippen LogP contribution >= 0.6 is 0 Å². The lowest BCUT2D eigenvalue weighted by molar-refractivity contribution is 0.302. The van der Waals surface area contributed by atoms with Gasteiger partial charge in [-0.05, 0) is 67.8 Å². The third-order valence-corrected chi connectivity index (χ3v) is 4.39. The molecular formula is C22H22N2O2. The summed E-state index contributed by atoms with van der Waals surface area (Å²) in [5.41, 5.74) is 4.54. The molecule has 0 aliphatic heterocycles. The maximum atomic E-state index is 5.95. The van der Waals surface area contributed by atoms with Crippen LogP contribution in [0.5, 0.6) is 5.75 Å². The number of fused-ring (bicyclic) bond motifs is 1. The van der Waals surface area contributed by atoms with Crippen LogP contribution in [-0.2, 0) is 6.54 Å². The molecular weight excluding hydrogens is 324 g/mol. The molecule has 0 N–H and O–H groups in total. The Morgan fingerprint density at radius 1 is 1.00 bits per heavy atom. The minimum atomic E-state index is 0.660. The Bertz CT molecular complexity index is 996.